The number of halogens is 1. The van der Waals surface area contributed by atoms with E-state index in [1.54, 1.807) is 17.5 Å². The van der Waals surface area contributed by atoms with Gasteiger partial charge in [0.1, 0.15) is 0 Å². The summed E-state index contributed by atoms with van der Waals surface area (Å²) in [5, 5.41) is 13.2. The van der Waals surface area contributed by atoms with Gasteiger partial charge in [-0.25, -0.2) is 4.98 Å². The van der Waals surface area contributed by atoms with Crippen LogP contribution in [0, 0.1) is 10.1 Å². The Morgan fingerprint density at radius 3 is 2.95 bits per heavy atom. The molecular formula is C13H14BrN3O2S. The molecule has 0 aliphatic carbocycles. The molecule has 0 aliphatic rings. The highest BCUT2D eigenvalue weighted by atomic mass is 79.9. The van der Waals surface area contributed by atoms with Crippen molar-refractivity contribution in [1.82, 2.24) is 4.98 Å². The van der Waals surface area contributed by atoms with Crippen LogP contribution in [0.4, 0.5) is 11.5 Å². The van der Waals surface area contributed by atoms with E-state index in [9.17, 15) is 10.1 Å². The SMILES string of the molecule is CC(Cc1cccs1)N(C)c1ncc(Br)cc1[N+](=O)[O-]. The third-order valence-corrected chi connectivity index (χ3v) is 4.41. The molecule has 1 atom stereocenters. The van der Waals surface area contributed by atoms with Crippen molar-refractivity contribution in [3.05, 3.63) is 49.2 Å². The number of aromatic nitrogens is 1. The maximum atomic E-state index is 11.1. The molecule has 0 saturated carbocycles. The smallest absolute Gasteiger partial charge is 0.312 e. The van der Waals surface area contributed by atoms with Crippen molar-refractivity contribution in [2.24, 2.45) is 0 Å². The average molecular weight is 356 g/mol. The normalized spacial score (nSPS) is 12.2. The molecule has 0 saturated heterocycles. The van der Waals surface area contributed by atoms with E-state index in [0.29, 0.717) is 10.3 Å². The van der Waals surface area contributed by atoms with Crippen LogP contribution in [0.15, 0.2) is 34.2 Å². The minimum atomic E-state index is -0.401. The fourth-order valence-electron chi connectivity index (χ4n) is 1.89. The molecule has 0 bridgehead atoms. The molecule has 2 aromatic heterocycles. The molecule has 0 amide bonds. The number of hydrogen-bond acceptors (Lipinski definition) is 5. The number of thiophene rings is 1. The van der Waals surface area contributed by atoms with Gasteiger partial charge in [-0.15, -0.1) is 11.3 Å². The molecule has 7 heteroatoms. The molecule has 0 aromatic carbocycles. The summed E-state index contributed by atoms with van der Waals surface area (Å²) < 4.78 is 0.604. The largest absolute Gasteiger partial charge is 0.351 e. The zero-order chi connectivity index (χ0) is 14.7. The van der Waals surface area contributed by atoms with Crippen molar-refractivity contribution >= 4 is 38.8 Å². The van der Waals surface area contributed by atoms with E-state index in [-0.39, 0.29) is 11.7 Å². The van der Waals surface area contributed by atoms with Crippen LogP contribution in [-0.2, 0) is 6.42 Å². The summed E-state index contributed by atoms with van der Waals surface area (Å²) in [4.78, 5) is 18.0. The number of anilines is 1. The van der Waals surface area contributed by atoms with E-state index in [4.69, 9.17) is 0 Å². The van der Waals surface area contributed by atoms with Gasteiger partial charge in [0, 0.05) is 41.1 Å². The lowest BCUT2D eigenvalue weighted by molar-refractivity contribution is -0.384. The van der Waals surface area contributed by atoms with Crippen molar-refractivity contribution in [2.45, 2.75) is 19.4 Å². The van der Waals surface area contributed by atoms with Crippen LogP contribution >= 0.6 is 27.3 Å². The maximum Gasteiger partial charge on any atom is 0.312 e. The summed E-state index contributed by atoms with van der Waals surface area (Å²) in [6.07, 6.45) is 2.42. The third kappa shape index (κ3) is 3.34. The second-order valence-corrected chi connectivity index (χ2v) is 6.44. The predicted molar refractivity (Wildman–Crippen MR) is 84.5 cm³/mol. The molecule has 2 aromatic rings. The number of likely N-dealkylation sites (N-methyl/N-ethyl adjacent to an activating group) is 1. The van der Waals surface area contributed by atoms with Gasteiger partial charge in [-0.05, 0) is 34.3 Å². The van der Waals surface area contributed by atoms with Crippen LogP contribution < -0.4 is 4.90 Å². The Hall–Kier alpha value is -1.47. The molecule has 2 heterocycles. The fraction of sp³-hybridized carbons (Fsp3) is 0.308. The summed E-state index contributed by atoms with van der Waals surface area (Å²) in [6, 6.07) is 5.68. The average Bonchev–Trinajstić information content (AvgIpc) is 2.90. The minimum Gasteiger partial charge on any atom is -0.351 e. The van der Waals surface area contributed by atoms with E-state index in [1.165, 1.54) is 10.9 Å². The van der Waals surface area contributed by atoms with Gasteiger partial charge in [-0.1, -0.05) is 6.07 Å². The van der Waals surface area contributed by atoms with Crippen LogP contribution in [0.5, 0.6) is 0 Å². The van der Waals surface area contributed by atoms with Gasteiger partial charge in [0.05, 0.1) is 4.92 Å². The van der Waals surface area contributed by atoms with Crippen LogP contribution in [0.1, 0.15) is 11.8 Å². The fourth-order valence-corrected chi connectivity index (χ4v) is 3.04. The highest BCUT2D eigenvalue weighted by Gasteiger charge is 2.22. The highest BCUT2D eigenvalue weighted by molar-refractivity contribution is 9.10. The van der Waals surface area contributed by atoms with Crippen LogP contribution in [-0.4, -0.2) is 23.0 Å². The van der Waals surface area contributed by atoms with Gasteiger partial charge in [-0.2, -0.15) is 0 Å². The molecule has 5 nitrogen and oxygen atoms in total. The first-order valence-corrected chi connectivity index (χ1v) is 7.71. The van der Waals surface area contributed by atoms with E-state index in [1.807, 2.05) is 30.3 Å². The lowest BCUT2D eigenvalue weighted by Crippen LogP contribution is -2.31. The summed E-state index contributed by atoms with van der Waals surface area (Å²) >= 11 is 4.90. The van der Waals surface area contributed by atoms with Gasteiger partial charge in [-0.3, -0.25) is 10.1 Å². The van der Waals surface area contributed by atoms with Crippen LogP contribution in [0.3, 0.4) is 0 Å². The molecule has 1 unspecified atom stereocenters. The van der Waals surface area contributed by atoms with Gasteiger partial charge in [0.25, 0.3) is 0 Å². The van der Waals surface area contributed by atoms with Crippen molar-refractivity contribution in [3.8, 4) is 0 Å². The zero-order valence-electron chi connectivity index (χ0n) is 11.1. The topological polar surface area (TPSA) is 59.3 Å². The second kappa shape index (κ2) is 6.32. The minimum absolute atomic E-state index is 0.0138. The predicted octanol–water partition coefficient (Wildman–Crippen LogP) is 3.88. The summed E-state index contributed by atoms with van der Waals surface area (Å²) in [6.45, 7) is 2.03. The third-order valence-electron chi connectivity index (χ3n) is 3.08. The zero-order valence-corrected chi connectivity index (χ0v) is 13.5. The Morgan fingerprint density at radius 2 is 2.35 bits per heavy atom. The molecule has 0 aliphatic heterocycles. The molecule has 0 radical (unpaired) electrons. The van der Waals surface area contributed by atoms with E-state index in [0.717, 1.165) is 6.42 Å². The van der Waals surface area contributed by atoms with E-state index < -0.39 is 4.92 Å². The molecular weight excluding hydrogens is 342 g/mol. The molecule has 0 spiro atoms. The van der Waals surface area contributed by atoms with Crippen LogP contribution in [0.2, 0.25) is 0 Å². The first-order valence-electron chi connectivity index (χ1n) is 6.04. The summed E-state index contributed by atoms with van der Waals surface area (Å²) in [7, 11) is 1.83. The molecule has 106 valence electrons. The first-order chi connectivity index (χ1) is 9.49. The van der Waals surface area contributed by atoms with Gasteiger partial charge < -0.3 is 4.90 Å². The highest BCUT2D eigenvalue weighted by Crippen LogP contribution is 2.29. The number of nitrogens with zero attached hydrogens (tertiary/aromatic N) is 3. The maximum absolute atomic E-state index is 11.1. The molecule has 2 rings (SSSR count). The standard InChI is InChI=1S/C13H14BrN3O2S/c1-9(6-11-4-3-5-20-11)16(2)13-12(17(18)19)7-10(14)8-15-13/h3-5,7-9H,6H2,1-2H3. The van der Waals surface area contributed by atoms with Crippen molar-refractivity contribution in [2.75, 3.05) is 11.9 Å². The molecule has 0 N–H and O–H groups in total. The quantitative estimate of drug-likeness (QED) is 0.603. The first kappa shape index (κ1) is 14.9. The Bertz CT molecular complexity index is 604. The number of nitro groups is 1. The second-order valence-electron chi connectivity index (χ2n) is 4.50. The van der Waals surface area contributed by atoms with Crippen molar-refractivity contribution in [3.63, 3.8) is 0 Å². The van der Waals surface area contributed by atoms with Crippen molar-refractivity contribution < 1.29 is 4.92 Å². The lowest BCUT2D eigenvalue weighted by atomic mass is 10.2. The Kier molecular flexibility index (Phi) is 4.72. The van der Waals surface area contributed by atoms with E-state index in [2.05, 4.69) is 27.0 Å². The summed E-state index contributed by atoms with van der Waals surface area (Å²) in [5.41, 5.74) is 0.0138. The lowest BCUT2D eigenvalue weighted by Gasteiger charge is -2.25. The van der Waals surface area contributed by atoms with E-state index >= 15 is 0 Å². The monoisotopic (exact) mass is 355 g/mol. The molecule has 0 fully saturated rings. The Balaban J connectivity index is 2.24. The van der Waals surface area contributed by atoms with Crippen LogP contribution in [0.25, 0.3) is 0 Å². The van der Waals surface area contributed by atoms with Gasteiger partial charge in [0.15, 0.2) is 0 Å². The Labute approximate surface area is 129 Å². The van der Waals surface area contributed by atoms with Gasteiger partial charge in [0.2, 0.25) is 5.82 Å². The summed E-state index contributed by atoms with van der Waals surface area (Å²) in [5.74, 6) is 0.391. The molecule has 20 heavy (non-hydrogen) atoms. The number of hydrogen-bond donors (Lipinski definition) is 0. The number of rotatable bonds is 5. The number of pyridine rings is 1. The Morgan fingerprint density at radius 1 is 1.60 bits per heavy atom. The van der Waals surface area contributed by atoms with Crippen molar-refractivity contribution in [1.29, 1.82) is 0 Å². The van der Waals surface area contributed by atoms with Gasteiger partial charge >= 0.3 is 5.69 Å².